The maximum absolute atomic E-state index is 2.39. The van der Waals surface area contributed by atoms with E-state index in [9.17, 15) is 0 Å². The number of benzene rings is 13. The third kappa shape index (κ3) is 8.07. The third-order valence-electron chi connectivity index (χ3n) is 15.9. The highest BCUT2D eigenvalue weighted by Gasteiger charge is 2.19. The molecular formula is C76H51N3. The van der Waals surface area contributed by atoms with Gasteiger partial charge in [0.15, 0.2) is 0 Å². The molecule has 0 saturated heterocycles. The highest BCUT2D eigenvalue weighted by molar-refractivity contribution is 6.11. The summed E-state index contributed by atoms with van der Waals surface area (Å²) in [5.41, 5.74) is 22.1. The molecule has 0 unspecified atom stereocenters. The Morgan fingerprint density at radius 1 is 0.215 bits per heavy atom. The molecule has 370 valence electrons. The van der Waals surface area contributed by atoms with E-state index in [2.05, 4.69) is 323 Å². The molecule has 0 N–H and O–H groups in total. The van der Waals surface area contributed by atoms with Gasteiger partial charge in [0.25, 0.3) is 0 Å². The van der Waals surface area contributed by atoms with Gasteiger partial charge in [-0.05, 0) is 151 Å². The van der Waals surface area contributed by atoms with Crippen LogP contribution in [0.5, 0.6) is 0 Å². The van der Waals surface area contributed by atoms with Gasteiger partial charge < -0.3 is 14.0 Å². The number of fused-ring (bicyclic) bond motifs is 7. The predicted molar refractivity (Wildman–Crippen MR) is 334 cm³/mol. The molecule has 0 aliphatic carbocycles. The number of rotatable bonds is 10. The van der Waals surface area contributed by atoms with Crippen molar-refractivity contribution in [2.45, 2.75) is 0 Å². The monoisotopic (exact) mass is 1010 g/mol. The van der Waals surface area contributed by atoms with E-state index in [1.54, 1.807) is 0 Å². The fourth-order valence-electron chi connectivity index (χ4n) is 12.2. The molecule has 0 aliphatic rings. The number of aromatic nitrogens is 2. The van der Waals surface area contributed by atoms with Crippen LogP contribution in [0.25, 0.3) is 121 Å². The van der Waals surface area contributed by atoms with E-state index in [1.165, 1.54) is 93.3 Å². The van der Waals surface area contributed by atoms with E-state index in [1.807, 2.05) is 0 Å². The molecule has 15 aromatic rings. The van der Waals surface area contributed by atoms with Gasteiger partial charge in [-0.2, -0.15) is 0 Å². The molecule has 0 saturated carbocycles. The lowest BCUT2D eigenvalue weighted by Crippen LogP contribution is -2.10. The Hall–Kier alpha value is -10.5. The van der Waals surface area contributed by atoms with Crippen molar-refractivity contribution in [3.05, 3.63) is 309 Å². The van der Waals surface area contributed by atoms with Gasteiger partial charge in [-0.15, -0.1) is 0 Å². The van der Waals surface area contributed by atoms with E-state index in [4.69, 9.17) is 0 Å². The van der Waals surface area contributed by atoms with Crippen LogP contribution in [0.15, 0.2) is 309 Å². The number of para-hydroxylation sites is 4. The van der Waals surface area contributed by atoms with E-state index in [0.717, 1.165) is 45.1 Å². The number of hydrogen-bond donors (Lipinski definition) is 0. The smallest absolute Gasteiger partial charge is 0.0547 e. The van der Waals surface area contributed by atoms with Gasteiger partial charge in [-0.25, -0.2) is 0 Å². The quantitative estimate of drug-likeness (QED) is 0.133. The SMILES string of the molecule is c1ccc(-c2cccc3cccc(-c4ccc(N(c5ccc(-c6ccc7c8ccccc8n(-c8ccccc8)c7c6)cc5)c5cccc(-c6ccc(-c7cccc(-n8c9ccccc9c9ccccc98)c7)cc6)c5)cc4)c23)cc1. The summed E-state index contributed by atoms with van der Waals surface area (Å²) >= 11 is 0. The second kappa shape index (κ2) is 19.3. The Kier molecular flexibility index (Phi) is 11.2. The van der Waals surface area contributed by atoms with Crippen molar-refractivity contribution in [1.29, 1.82) is 0 Å². The molecule has 79 heavy (non-hydrogen) atoms. The zero-order valence-corrected chi connectivity index (χ0v) is 43.3. The van der Waals surface area contributed by atoms with Crippen molar-refractivity contribution in [1.82, 2.24) is 9.13 Å². The summed E-state index contributed by atoms with van der Waals surface area (Å²) in [4.78, 5) is 2.39. The van der Waals surface area contributed by atoms with Crippen LogP contribution in [-0.2, 0) is 0 Å². The summed E-state index contributed by atoms with van der Waals surface area (Å²) < 4.78 is 4.78. The summed E-state index contributed by atoms with van der Waals surface area (Å²) in [6.07, 6.45) is 0. The van der Waals surface area contributed by atoms with Gasteiger partial charge >= 0.3 is 0 Å². The minimum atomic E-state index is 1.07. The number of hydrogen-bond acceptors (Lipinski definition) is 1. The van der Waals surface area contributed by atoms with Crippen molar-refractivity contribution >= 4 is 71.4 Å². The molecular weight excluding hydrogens is 955 g/mol. The lowest BCUT2D eigenvalue weighted by Gasteiger charge is -2.26. The van der Waals surface area contributed by atoms with Gasteiger partial charge in [0, 0.05) is 50.0 Å². The second-order valence-electron chi connectivity index (χ2n) is 20.5. The average Bonchev–Trinajstić information content (AvgIpc) is 4.20. The van der Waals surface area contributed by atoms with Crippen LogP contribution in [0.4, 0.5) is 17.1 Å². The molecule has 3 heteroatoms. The van der Waals surface area contributed by atoms with Gasteiger partial charge in [-0.1, -0.05) is 224 Å². The highest BCUT2D eigenvalue weighted by Crippen LogP contribution is 2.43. The second-order valence-corrected chi connectivity index (χ2v) is 20.5. The van der Waals surface area contributed by atoms with E-state index >= 15 is 0 Å². The first-order valence-electron chi connectivity index (χ1n) is 27.1. The standard InChI is InChI=1S/C76H51N3/c1-3-17-55(18-4-1)66-30-15-19-57-20-16-31-67(76(57)66)56-41-46-63(47-42-56)77(62-44-39-54(40-45-62)60-43-48-71-70-29-9-10-32-72(70)78(75(71)51-60)61-23-5-2-6-24-61)64-25-13-21-58(49-64)52-35-37-53(38-36-52)59-22-14-26-65(50-59)79-73-33-11-7-27-68(73)69-28-8-12-34-74(69)79/h1-51H. The normalized spacial score (nSPS) is 11.5. The Balaban J connectivity index is 0.803. The molecule has 2 aromatic heterocycles. The van der Waals surface area contributed by atoms with Crippen molar-refractivity contribution in [2.24, 2.45) is 0 Å². The van der Waals surface area contributed by atoms with E-state index < -0.39 is 0 Å². The molecule has 0 atom stereocenters. The first-order valence-corrected chi connectivity index (χ1v) is 27.1. The zero-order chi connectivity index (χ0) is 52.2. The fourth-order valence-corrected chi connectivity index (χ4v) is 12.2. The van der Waals surface area contributed by atoms with Crippen LogP contribution in [0.1, 0.15) is 0 Å². The van der Waals surface area contributed by atoms with Crippen LogP contribution < -0.4 is 4.90 Å². The molecule has 2 heterocycles. The topological polar surface area (TPSA) is 13.1 Å². The van der Waals surface area contributed by atoms with Crippen molar-refractivity contribution in [3.63, 3.8) is 0 Å². The summed E-state index contributed by atoms with van der Waals surface area (Å²) in [6, 6.07) is 113. The lowest BCUT2D eigenvalue weighted by atomic mass is 9.91. The molecule has 0 amide bonds. The summed E-state index contributed by atoms with van der Waals surface area (Å²) in [5, 5.41) is 7.50. The molecule has 0 spiro atoms. The van der Waals surface area contributed by atoms with Crippen LogP contribution in [0.2, 0.25) is 0 Å². The number of anilines is 3. The van der Waals surface area contributed by atoms with Gasteiger partial charge in [0.1, 0.15) is 0 Å². The molecule has 0 radical (unpaired) electrons. The average molecular weight is 1010 g/mol. The van der Waals surface area contributed by atoms with Crippen molar-refractivity contribution in [3.8, 4) is 67.0 Å². The zero-order valence-electron chi connectivity index (χ0n) is 43.3. The Labute approximate surface area is 459 Å². The first-order chi connectivity index (χ1) is 39.2. The lowest BCUT2D eigenvalue weighted by molar-refractivity contribution is 1.18. The highest BCUT2D eigenvalue weighted by atomic mass is 15.1. The molecule has 0 bridgehead atoms. The Morgan fingerprint density at radius 2 is 0.608 bits per heavy atom. The molecule has 15 rings (SSSR count). The van der Waals surface area contributed by atoms with Crippen LogP contribution >= 0.6 is 0 Å². The fraction of sp³-hybridized carbons (Fsp3) is 0. The van der Waals surface area contributed by atoms with Crippen molar-refractivity contribution in [2.75, 3.05) is 4.90 Å². The summed E-state index contributed by atoms with van der Waals surface area (Å²) in [5.74, 6) is 0. The maximum atomic E-state index is 2.39. The largest absolute Gasteiger partial charge is 0.310 e. The van der Waals surface area contributed by atoms with E-state index in [0.29, 0.717) is 0 Å². The minimum absolute atomic E-state index is 1.07. The summed E-state index contributed by atoms with van der Waals surface area (Å²) in [6.45, 7) is 0. The molecule has 3 nitrogen and oxygen atoms in total. The summed E-state index contributed by atoms with van der Waals surface area (Å²) in [7, 11) is 0. The van der Waals surface area contributed by atoms with E-state index in [-0.39, 0.29) is 0 Å². The third-order valence-corrected chi connectivity index (χ3v) is 15.9. The Morgan fingerprint density at radius 3 is 1.19 bits per heavy atom. The van der Waals surface area contributed by atoms with Crippen LogP contribution in [0.3, 0.4) is 0 Å². The van der Waals surface area contributed by atoms with Gasteiger partial charge in [0.05, 0.1) is 22.1 Å². The van der Waals surface area contributed by atoms with Crippen LogP contribution in [-0.4, -0.2) is 9.13 Å². The van der Waals surface area contributed by atoms with Gasteiger partial charge in [0.2, 0.25) is 0 Å². The Bertz CT molecular complexity index is 4680. The predicted octanol–water partition coefficient (Wildman–Crippen LogP) is 20.8. The maximum Gasteiger partial charge on any atom is 0.0547 e. The van der Waals surface area contributed by atoms with Crippen molar-refractivity contribution < 1.29 is 0 Å². The van der Waals surface area contributed by atoms with Crippen LogP contribution in [0, 0.1) is 0 Å². The van der Waals surface area contributed by atoms with Gasteiger partial charge in [-0.3, -0.25) is 0 Å². The molecule has 0 aliphatic heterocycles. The first kappa shape index (κ1) is 45.9. The number of nitrogens with zero attached hydrogens (tertiary/aromatic N) is 3. The minimum Gasteiger partial charge on any atom is -0.310 e. The molecule has 0 fully saturated rings. The molecule has 13 aromatic carbocycles.